The van der Waals surface area contributed by atoms with Crippen molar-refractivity contribution in [3.8, 4) is 0 Å². The first kappa shape index (κ1) is 12.4. The molecule has 2 rings (SSSR count). The summed E-state index contributed by atoms with van der Waals surface area (Å²) in [5.41, 5.74) is 0. The van der Waals surface area contributed by atoms with E-state index >= 15 is 0 Å². The van der Waals surface area contributed by atoms with Crippen LogP contribution in [-0.2, 0) is 14.3 Å². The van der Waals surface area contributed by atoms with E-state index < -0.39 is 12.0 Å². The van der Waals surface area contributed by atoms with Gasteiger partial charge in [0.1, 0.15) is 12.1 Å². The zero-order valence-corrected chi connectivity index (χ0v) is 9.85. The minimum atomic E-state index is -0.874. The minimum absolute atomic E-state index is 0.0348. The van der Waals surface area contributed by atoms with Gasteiger partial charge in [-0.2, -0.15) is 0 Å². The molecule has 2 N–H and O–H groups in total. The van der Waals surface area contributed by atoms with Crippen LogP contribution < -0.4 is 5.32 Å². The first-order valence-electron chi connectivity index (χ1n) is 6.33. The van der Waals surface area contributed by atoms with Gasteiger partial charge < -0.3 is 15.2 Å². The molecule has 0 radical (unpaired) electrons. The van der Waals surface area contributed by atoms with Crippen LogP contribution in [-0.4, -0.2) is 35.7 Å². The number of carboxylic acids is 1. The maximum absolute atomic E-state index is 11.8. The Hall–Kier alpha value is -1.10. The monoisotopic (exact) mass is 241 g/mol. The van der Waals surface area contributed by atoms with Crippen LogP contribution in [0.3, 0.4) is 0 Å². The minimum Gasteiger partial charge on any atom is -0.480 e. The van der Waals surface area contributed by atoms with Gasteiger partial charge in [0.2, 0.25) is 0 Å². The maximum Gasteiger partial charge on any atom is 0.320 e. The Labute approximate surface area is 101 Å². The normalized spacial score (nSPS) is 30.1. The van der Waals surface area contributed by atoms with Gasteiger partial charge in [0, 0.05) is 13.0 Å². The van der Waals surface area contributed by atoms with Gasteiger partial charge in [0.15, 0.2) is 0 Å². The van der Waals surface area contributed by atoms with E-state index in [-0.39, 0.29) is 18.0 Å². The standard InChI is InChI=1S/C12H19NO4/c14-11(15)10-6-9(7-13-10)17-12(16)8-4-2-1-3-5-8/h8-10,13H,1-7H2,(H,14,15)/t9-,10+/m1/s1. The summed E-state index contributed by atoms with van der Waals surface area (Å²) in [6, 6.07) is -0.570. The van der Waals surface area contributed by atoms with Crippen LogP contribution in [0.15, 0.2) is 0 Å². The van der Waals surface area contributed by atoms with E-state index in [0.29, 0.717) is 13.0 Å². The van der Waals surface area contributed by atoms with Gasteiger partial charge in [-0.1, -0.05) is 19.3 Å². The molecule has 5 heteroatoms. The second kappa shape index (κ2) is 5.49. The molecule has 0 amide bonds. The second-order valence-electron chi connectivity index (χ2n) is 4.93. The summed E-state index contributed by atoms with van der Waals surface area (Å²) in [5, 5.41) is 11.6. The maximum atomic E-state index is 11.8. The Bertz CT molecular complexity index is 299. The van der Waals surface area contributed by atoms with Crippen LogP contribution in [0.5, 0.6) is 0 Å². The van der Waals surface area contributed by atoms with Crippen LogP contribution in [0, 0.1) is 5.92 Å². The SMILES string of the molecule is O=C(O[C@H]1CN[C@H](C(=O)O)C1)C1CCCCC1. The lowest BCUT2D eigenvalue weighted by Gasteiger charge is -2.21. The topological polar surface area (TPSA) is 75.6 Å². The lowest BCUT2D eigenvalue weighted by Crippen LogP contribution is -2.30. The van der Waals surface area contributed by atoms with Crippen LogP contribution >= 0.6 is 0 Å². The molecular formula is C12H19NO4. The molecule has 0 bridgehead atoms. The summed E-state index contributed by atoms with van der Waals surface area (Å²) < 4.78 is 5.37. The number of carbonyl (C=O) groups is 2. The Balaban J connectivity index is 1.77. The predicted molar refractivity (Wildman–Crippen MR) is 60.5 cm³/mol. The van der Waals surface area contributed by atoms with E-state index in [0.717, 1.165) is 25.7 Å². The highest BCUT2D eigenvalue weighted by Gasteiger charge is 2.33. The molecule has 0 unspecified atom stereocenters. The molecule has 2 atom stereocenters. The van der Waals surface area contributed by atoms with Gasteiger partial charge in [-0.05, 0) is 12.8 Å². The molecule has 1 saturated carbocycles. The molecule has 0 aromatic rings. The lowest BCUT2D eigenvalue weighted by atomic mass is 9.89. The molecule has 0 aromatic carbocycles. The Morgan fingerprint density at radius 1 is 1.18 bits per heavy atom. The number of ether oxygens (including phenoxy) is 1. The van der Waals surface area contributed by atoms with E-state index in [1.807, 2.05) is 0 Å². The number of aliphatic carboxylic acids is 1. The third-order valence-corrected chi connectivity index (χ3v) is 3.61. The zero-order chi connectivity index (χ0) is 12.3. The highest BCUT2D eigenvalue weighted by atomic mass is 16.5. The van der Waals surface area contributed by atoms with Crippen molar-refractivity contribution in [2.24, 2.45) is 5.92 Å². The summed E-state index contributed by atoms with van der Waals surface area (Å²) in [4.78, 5) is 22.6. The second-order valence-corrected chi connectivity index (χ2v) is 4.93. The van der Waals surface area contributed by atoms with Gasteiger partial charge in [-0.3, -0.25) is 9.59 Å². The van der Waals surface area contributed by atoms with Gasteiger partial charge in [-0.25, -0.2) is 0 Å². The fourth-order valence-corrected chi connectivity index (χ4v) is 2.58. The number of rotatable bonds is 3. The van der Waals surface area contributed by atoms with Crippen molar-refractivity contribution in [1.82, 2.24) is 5.32 Å². The Morgan fingerprint density at radius 2 is 1.88 bits per heavy atom. The molecule has 2 aliphatic rings. The van der Waals surface area contributed by atoms with Gasteiger partial charge in [-0.15, -0.1) is 0 Å². The van der Waals surface area contributed by atoms with E-state index in [4.69, 9.17) is 9.84 Å². The molecule has 1 aliphatic carbocycles. The van der Waals surface area contributed by atoms with Crippen molar-refractivity contribution in [2.75, 3.05) is 6.54 Å². The summed E-state index contributed by atoms with van der Waals surface area (Å²) in [5.74, 6) is -0.976. The van der Waals surface area contributed by atoms with Crippen LogP contribution in [0.1, 0.15) is 38.5 Å². The highest BCUT2D eigenvalue weighted by Crippen LogP contribution is 2.25. The van der Waals surface area contributed by atoms with Crippen LogP contribution in [0.4, 0.5) is 0 Å². The summed E-state index contributed by atoms with van der Waals surface area (Å²) in [7, 11) is 0. The van der Waals surface area contributed by atoms with Crippen molar-refractivity contribution in [3.05, 3.63) is 0 Å². The number of esters is 1. The van der Waals surface area contributed by atoms with Gasteiger partial charge in [0.25, 0.3) is 0 Å². The van der Waals surface area contributed by atoms with Crippen molar-refractivity contribution >= 4 is 11.9 Å². The van der Waals surface area contributed by atoms with Crippen LogP contribution in [0.2, 0.25) is 0 Å². The van der Waals surface area contributed by atoms with E-state index in [1.165, 1.54) is 6.42 Å². The van der Waals surface area contributed by atoms with Crippen LogP contribution in [0.25, 0.3) is 0 Å². The molecule has 96 valence electrons. The third-order valence-electron chi connectivity index (χ3n) is 3.61. The molecule has 17 heavy (non-hydrogen) atoms. The predicted octanol–water partition coefficient (Wildman–Crippen LogP) is 0.925. The molecule has 1 saturated heterocycles. The Morgan fingerprint density at radius 3 is 2.47 bits per heavy atom. The number of nitrogens with one attached hydrogen (secondary N) is 1. The zero-order valence-electron chi connectivity index (χ0n) is 9.85. The van der Waals surface area contributed by atoms with E-state index in [9.17, 15) is 9.59 Å². The average Bonchev–Trinajstić information content (AvgIpc) is 2.79. The van der Waals surface area contributed by atoms with Crippen molar-refractivity contribution in [1.29, 1.82) is 0 Å². The smallest absolute Gasteiger partial charge is 0.320 e. The number of hydrogen-bond acceptors (Lipinski definition) is 4. The molecule has 0 aromatic heterocycles. The third kappa shape index (κ3) is 3.19. The molecule has 2 fully saturated rings. The van der Waals surface area contributed by atoms with Gasteiger partial charge in [0.05, 0.1) is 5.92 Å². The summed E-state index contributed by atoms with van der Waals surface area (Å²) >= 11 is 0. The molecule has 0 spiro atoms. The average molecular weight is 241 g/mol. The molecule has 1 aliphatic heterocycles. The summed E-state index contributed by atoms with van der Waals surface area (Å²) in [6.07, 6.45) is 5.35. The fraction of sp³-hybridized carbons (Fsp3) is 0.833. The quantitative estimate of drug-likeness (QED) is 0.719. The largest absolute Gasteiger partial charge is 0.480 e. The van der Waals surface area contributed by atoms with Crippen molar-refractivity contribution < 1.29 is 19.4 Å². The van der Waals surface area contributed by atoms with E-state index in [2.05, 4.69) is 5.32 Å². The van der Waals surface area contributed by atoms with Crippen molar-refractivity contribution in [3.63, 3.8) is 0 Å². The summed E-state index contributed by atoms with van der Waals surface area (Å²) in [6.45, 7) is 0.454. The molecule has 5 nitrogen and oxygen atoms in total. The lowest BCUT2D eigenvalue weighted by molar-refractivity contribution is -0.155. The van der Waals surface area contributed by atoms with Gasteiger partial charge >= 0.3 is 11.9 Å². The Kier molecular flexibility index (Phi) is 3.99. The van der Waals surface area contributed by atoms with E-state index in [1.54, 1.807) is 0 Å². The molecule has 1 heterocycles. The highest BCUT2D eigenvalue weighted by molar-refractivity contribution is 5.75. The number of carbonyl (C=O) groups excluding carboxylic acids is 1. The number of carboxylic acid groups (broad SMARTS) is 1. The molecular weight excluding hydrogens is 222 g/mol. The first-order valence-corrected chi connectivity index (χ1v) is 6.33. The van der Waals surface area contributed by atoms with Crippen molar-refractivity contribution in [2.45, 2.75) is 50.7 Å². The number of hydrogen-bond donors (Lipinski definition) is 2. The fourth-order valence-electron chi connectivity index (χ4n) is 2.58. The first-order chi connectivity index (χ1) is 8.16.